The van der Waals surface area contributed by atoms with E-state index in [0.29, 0.717) is 11.6 Å². The minimum absolute atomic E-state index is 0.216. The quantitative estimate of drug-likeness (QED) is 0.848. The van der Waals surface area contributed by atoms with Crippen LogP contribution in [0.4, 0.5) is 0 Å². The van der Waals surface area contributed by atoms with E-state index in [1.165, 1.54) is 12.8 Å². The summed E-state index contributed by atoms with van der Waals surface area (Å²) in [7, 11) is 0. The Bertz CT molecular complexity index is 404. The Kier molecular flexibility index (Phi) is 3.50. The molecule has 1 fully saturated rings. The van der Waals surface area contributed by atoms with Gasteiger partial charge in [0.25, 0.3) is 0 Å². The fraction of sp³-hybridized carbons (Fsp3) is 0.417. The number of rotatable bonds is 5. The third-order valence-corrected chi connectivity index (χ3v) is 3.49. The molecule has 1 saturated carbocycles. The van der Waals surface area contributed by atoms with Gasteiger partial charge in [-0.1, -0.05) is 34.2 Å². The van der Waals surface area contributed by atoms with Gasteiger partial charge in [0.1, 0.15) is 5.75 Å². The van der Waals surface area contributed by atoms with E-state index in [1.54, 1.807) is 0 Å². The molecule has 1 aromatic rings. The topological polar surface area (TPSA) is 35.2 Å². The van der Waals surface area contributed by atoms with Gasteiger partial charge in [-0.15, -0.1) is 0 Å². The molecule has 16 heavy (non-hydrogen) atoms. The van der Waals surface area contributed by atoms with Gasteiger partial charge in [0, 0.05) is 16.3 Å². The number of nitrogens with two attached hydrogens (primary N) is 1. The van der Waals surface area contributed by atoms with Crippen molar-refractivity contribution in [3.63, 3.8) is 0 Å². The molecule has 2 rings (SSSR count). The van der Waals surface area contributed by atoms with E-state index in [0.717, 1.165) is 16.6 Å². The zero-order chi connectivity index (χ0) is 11.6. The molecule has 1 aliphatic carbocycles. The smallest absolute Gasteiger partial charge is 0.120 e. The Hall–Kier alpha value is -0.610. The molecular weight excluding hydrogens is 286 g/mol. The normalized spacial score (nSPS) is 16.8. The first kappa shape index (κ1) is 11.9. The Morgan fingerprint density at radius 1 is 1.50 bits per heavy atom. The molecule has 0 saturated heterocycles. The van der Waals surface area contributed by atoms with Gasteiger partial charge in [-0.25, -0.2) is 0 Å². The van der Waals surface area contributed by atoms with Gasteiger partial charge in [0.15, 0.2) is 0 Å². The molecule has 0 aromatic heterocycles. The Balaban J connectivity index is 1.90. The molecule has 86 valence electrons. The lowest BCUT2D eigenvalue weighted by molar-refractivity contribution is 0.239. The highest BCUT2D eigenvalue weighted by Crippen LogP contribution is 2.49. The average Bonchev–Trinajstić information content (AvgIpc) is 2.95. The molecular formula is C12H14BrNOS. The summed E-state index contributed by atoms with van der Waals surface area (Å²) in [5.41, 5.74) is 5.80. The molecule has 0 atom stereocenters. The zero-order valence-corrected chi connectivity index (χ0v) is 11.3. The molecule has 0 amide bonds. The van der Waals surface area contributed by atoms with Gasteiger partial charge in [-0.05, 0) is 31.0 Å². The van der Waals surface area contributed by atoms with Crippen LogP contribution in [0.5, 0.6) is 5.75 Å². The monoisotopic (exact) mass is 299 g/mol. The highest BCUT2D eigenvalue weighted by atomic mass is 79.9. The zero-order valence-electron chi connectivity index (χ0n) is 8.91. The lowest BCUT2D eigenvalue weighted by Crippen LogP contribution is -2.20. The molecule has 0 unspecified atom stereocenters. The van der Waals surface area contributed by atoms with E-state index < -0.39 is 0 Å². The van der Waals surface area contributed by atoms with Crippen molar-refractivity contribution in [3.8, 4) is 5.75 Å². The van der Waals surface area contributed by atoms with Crippen LogP contribution in [0, 0.1) is 5.41 Å². The van der Waals surface area contributed by atoms with E-state index in [2.05, 4.69) is 15.9 Å². The summed E-state index contributed by atoms with van der Waals surface area (Å²) in [6.07, 6.45) is 3.13. The second-order valence-corrected chi connectivity index (χ2v) is 5.83. The van der Waals surface area contributed by atoms with Gasteiger partial charge < -0.3 is 10.5 Å². The van der Waals surface area contributed by atoms with Crippen LogP contribution in [0.2, 0.25) is 0 Å². The Morgan fingerprint density at radius 2 is 2.25 bits per heavy atom. The van der Waals surface area contributed by atoms with E-state index in [4.69, 9.17) is 22.7 Å². The highest BCUT2D eigenvalue weighted by molar-refractivity contribution is 9.10. The largest absolute Gasteiger partial charge is 0.493 e. The maximum atomic E-state index is 5.77. The SMILES string of the molecule is NC(=S)CC1(COc2cccc(Br)c2)CC1. The first-order valence-electron chi connectivity index (χ1n) is 5.26. The summed E-state index contributed by atoms with van der Waals surface area (Å²) in [5.74, 6) is 0.892. The second kappa shape index (κ2) is 4.72. The van der Waals surface area contributed by atoms with Gasteiger partial charge in [0.05, 0.1) is 11.6 Å². The standard InChI is InChI=1S/C12H14BrNOS/c13-9-2-1-3-10(6-9)15-8-12(4-5-12)7-11(14)16/h1-3,6H,4-5,7-8H2,(H2,14,16). The van der Waals surface area contributed by atoms with E-state index >= 15 is 0 Å². The summed E-state index contributed by atoms with van der Waals surface area (Å²) in [6.45, 7) is 0.709. The maximum Gasteiger partial charge on any atom is 0.120 e. The van der Waals surface area contributed by atoms with Crippen LogP contribution in [0.3, 0.4) is 0 Å². The van der Waals surface area contributed by atoms with E-state index in [9.17, 15) is 0 Å². The average molecular weight is 300 g/mol. The summed E-state index contributed by atoms with van der Waals surface area (Å²) in [6, 6.07) is 7.87. The van der Waals surface area contributed by atoms with Crippen molar-refractivity contribution in [2.45, 2.75) is 19.3 Å². The fourth-order valence-electron chi connectivity index (χ4n) is 1.71. The van der Waals surface area contributed by atoms with Crippen molar-refractivity contribution < 1.29 is 4.74 Å². The molecule has 0 heterocycles. The predicted octanol–water partition coefficient (Wildman–Crippen LogP) is 3.28. The first-order chi connectivity index (χ1) is 7.60. The molecule has 1 aliphatic rings. The second-order valence-electron chi connectivity index (χ2n) is 4.39. The van der Waals surface area contributed by atoms with Crippen LogP contribution in [0.25, 0.3) is 0 Å². The predicted molar refractivity (Wildman–Crippen MR) is 72.7 cm³/mol. The van der Waals surface area contributed by atoms with Gasteiger partial charge in [-0.2, -0.15) is 0 Å². The molecule has 4 heteroatoms. The molecule has 0 spiro atoms. The number of thiocarbonyl (C=S) groups is 1. The number of hydrogen-bond acceptors (Lipinski definition) is 2. The molecule has 0 bridgehead atoms. The van der Waals surface area contributed by atoms with Gasteiger partial charge in [-0.3, -0.25) is 0 Å². The van der Waals surface area contributed by atoms with E-state index in [-0.39, 0.29) is 5.41 Å². The van der Waals surface area contributed by atoms with Crippen LogP contribution in [0.15, 0.2) is 28.7 Å². The van der Waals surface area contributed by atoms with Crippen molar-refractivity contribution >= 4 is 33.1 Å². The third-order valence-electron chi connectivity index (χ3n) is 2.85. The van der Waals surface area contributed by atoms with Crippen molar-refractivity contribution in [3.05, 3.63) is 28.7 Å². The minimum Gasteiger partial charge on any atom is -0.493 e. The molecule has 2 nitrogen and oxygen atoms in total. The minimum atomic E-state index is 0.216. The van der Waals surface area contributed by atoms with Gasteiger partial charge >= 0.3 is 0 Å². The van der Waals surface area contributed by atoms with Gasteiger partial charge in [0.2, 0.25) is 0 Å². The Morgan fingerprint density at radius 3 is 2.81 bits per heavy atom. The number of hydrogen-bond donors (Lipinski definition) is 1. The van der Waals surface area contributed by atoms with Crippen LogP contribution in [-0.4, -0.2) is 11.6 Å². The molecule has 1 aromatic carbocycles. The summed E-state index contributed by atoms with van der Waals surface area (Å²) < 4.78 is 6.80. The molecule has 0 aliphatic heterocycles. The lowest BCUT2D eigenvalue weighted by Gasteiger charge is -2.15. The molecule has 2 N–H and O–H groups in total. The van der Waals surface area contributed by atoms with Crippen LogP contribution in [-0.2, 0) is 0 Å². The summed E-state index contributed by atoms with van der Waals surface area (Å²) in [4.78, 5) is 0.593. The fourth-order valence-corrected chi connectivity index (χ4v) is 2.40. The van der Waals surface area contributed by atoms with Crippen molar-refractivity contribution in [2.24, 2.45) is 11.1 Å². The number of benzene rings is 1. The van der Waals surface area contributed by atoms with Crippen molar-refractivity contribution in [2.75, 3.05) is 6.61 Å². The molecule has 0 radical (unpaired) electrons. The van der Waals surface area contributed by atoms with Crippen molar-refractivity contribution in [1.82, 2.24) is 0 Å². The van der Waals surface area contributed by atoms with Crippen molar-refractivity contribution in [1.29, 1.82) is 0 Å². The summed E-state index contributed by atoms with van der Waals surface area (Å²) in [5, 5.41) is 0. The van der Waals surface area contributed by atoms with Crippen LogP contribution < -0.4 is 10.5 Å². The highest BCUT2D eigenvalue weighted by Gasteiger charge is 2.43. The van der Waals surface area contributed by atoms with Crippen LogP contribution >= 0.6 is 28.1 Å². The Labute approximate surface area is 109 Å². The third kappa shape index (κ3) is 3.19. The lowest BCUT2D eigenvalue weighted by atomic mass is 10.0. The van der Waals surface area contributed by atoms with Crippen LogP contribution in [0.1, 0.15) is 19.3 Å². The first-order valence-corrected chi connectivity index (χ1v) is 6.46. The number of ether oxygens (including phenoxy) is 1. The maximum absolute atomic E-state index is 5.77. The van der Waals surface area contributed by atoms with E-state index in [1.807, 2.05) is 24.3 Å². The summed E-state index contributed by atoms with van der Waals surface area (Å²) >= 11 is 8.37. The number of halogens is 1.